The molecule has 2 rings (SSSR count). The van der Waals surface area contributed by atoms with Crippen LogP contribution in [-0.4, -0.2) is 20.0 Å². The van der Waals surface area contributed by atoms with Gasteiger partial charge in [-0.15, -0.1) is 0 Å². The molecule has 0 aliphatic heterocycles. The van der Waals surface area contributed by atoms with Gasteiger partial charge in [-0.25, -0.2) is 4.79 Å². The Balaban J connectivity index is 1.99. The van der Waals surface area contributed by atoms with Crippen LogP contribution in [0.4, 0.5) is 5.69 Å². The summed E-state index contributed by atoms with van der Waals surface area (Å²) < 4.78 is 12.0. The molecule has 4 nitrogen and oxygen atoms in total. The fourth-order valence-corrected chi connectivity index (χ4v) is 3.02. The second-order valence-corrected chi connectivity index (χ2v) is 8.86. The van der Waals surface area contributed by atoms with E-state index in [0.717, 1.165) is 16.8 Å². The van der Waals surface area contributed by atoms with Crippen LogP contribution in [0.3, 0.4) is 0 Å². The molecule has 0 aliphatic rings. The van der Waals surface area contributed by atoms with Crippen molar-refractivity contribution in [2.45, 2.75) is 37.8 Å². The van der Waals surface area contributed by atoms with Gasteiger partial charge in [0.15, 0.2) is 0 Å². The average Bonchev–Trinajstić information content (AvgIpc) is 2.53. The third-order valence-electron chi connectivity index (χ3n) is 3.61. The van der Waals surface area contributed by atoms with Crippen molar-refractivity contribution in [1.82, 2.24) is 0 Å². The molecule has 0 heterocycles. The number of carbonyl (C=O) groups is 1. The second-order valence-electron chi connectivity index (χ2n) is 6.66. The first kappa shape index (κ1) is 18.2. The Hall–Kier alpha value is -2.14. The number of hydrogen-bond donors (Lipinski definition) is 2. The minimum absolute atomic E-state index is 0.227. The van der Waals surface area contributed by atoms with Gasteiger partial charge < -0.3 is 10.4 Å². The van der Waals surface area contributed by atoms with Gasteiger partial charge in [-0.05, 0) is 56.2 Å². The lowest BCUT2D eigenvalue weighted by molar-refractivity contribution is 0.0697. The molecule has 0 saturated heterocycles. The van der Waals surface area contributed by atoms with Crippen molar-refractivity contribution in [3.63, 3.8) is 0 Å². The topological polar surface area (TPSA) is 66.4 Å². The molecule has 2 aromatic rings. The Morgan fingerprint density at radius 2 is 1.75 bits per heavy atom. The van der Waals surface area contributed by atoms with Gasteiger partial charge in [-0.2, -0.15) is 0 Å². The molecular formula is C19H23NO3S. The van der Waals surface area contributed by atoms with E-state index in [1.807, 2.05) is 45.0 Å². The molecule has 0 fully saturated rings. The molecule has 2 aromatic carbocycles. The Bertz CT molecular complexity index is 733. The molecule has 0 radical (unpaired) electrons. The smallest absolute Gasteiger partial charge is 0.335 e. The van der Waals surface area contributed by atoms with Crippen LogP contribution in [0.5, 0.6) is 0 Å². The number of hydrogen-bond acceptors (Lipinski definition) is 3. The van der Waals surface area contributed by atoms with Crippen LogP contribution in [0, 0.1) is 0 Å². The van der Waals surface area contributed by atoms with E-state index < -0.39 is 16.8 Å². The summed E-state index contributed by atoms with van der Waals surface area (Å²) in [6.07, 6.45) is 0. The van der Waals surface area contributed by atoms with Gasteiger partial charge >= 0.3 is 5.97 Å². The fraction of sp³-hybridized carbons (Fsp3) is 0.316. The monoisotopic (exact) mass is 345 g/mol. The molecule has 2 N–H and O–H groups in total. The largest absolute Gasteiger partial charge is 0.478 e. The normalized spacial score (nSPS) is 12.6. The maximum Gasteiger partial charge on any atom is 0.335 e. The third kappa shape index (κ3) is 5.20. The number of rotatable bonds is 6. The van der Waals surface area contributed by atoms with E-state index in [-0.39, 0.29) is 10.3 Å². The summed E-state index contributed by atoms with van der Waals surface area (Å²) in [4.78, 5) is 10.8. The fourth-order valence-electron chi connectivity index (χ4n) is 2.11. The molecular weight excluding hydrogens is 322 g/mol. The zero-order chi connectivity index (χ0) is 17.7. The lowest BCUT2D eigenvalue weighted by Gasteiger charge is -2.18. The first-order valence-electron chi connectivity index (χ1n) is 7.79. The van der Waals surface area contributed by atoms with Crippen molar-refractivity contribution in [1.29, 1.82) is 0 Å². The highest BCUT2D eigenvalue weighted by Gasteiger charge is 2.19. The third-order valence-corrected chi connectivity index (χ3v) is 5.57. The van der Waals surface area contributed by atoms with Gasteiger partial charge in [-0.1, -0.05) is 24.3 Å². The predicted molar refractivity (Wildman–Crippen MR) is 98.8 cm³/mol. The van der Waals surface area contributed by atoms with Crippen LogP contribution in [0.1, 0.15) is 42.3 Å². The highest BCUT2D eigenvalue weighted by atomic mass is 32.2. The van der Waals surface area contributed by atoms with E-state index in [1.165, 1.54) is 0 Å². The number of anilines is 1. The zero-order valence-electron chi connectivity index (χ0n) is 14.2. The van der Waals surface area contributed by atoms with E-state index in [1.54, 1.807) is 24.3 Å². The number of aromatic carboxylic acids is 1. The summed E-state index contributed by atoms with van der Waals surface area (Å²) in [5, 5.41) is 12.2. The minimum atomic E-state index is -0.927. The Labute approximate surface area is 145 Å². The summed E-state index contributed by atoms with van der Waals surface area (Å²) in [5.74, 6) is -0.388. The van der Waals surface area contributed by atoms with E-state index >= 15 is 0 Å². The van der Waals surface area contributed by atoms with Crippen LogP contribution < -0.4 is 5.32 Å². The van der Waals surface area contributed by atoms with Crippen molar-refractivity contribution in [2.24, 2.45) is 0 Å². The van der Waals surface area contributed by atoms with Crippen LogP contribution in [0.2, 0.25) is 0 Å². The SMILES string of the molecule is CC(C)(C)S(=O)Cc1cccc(NCc2ccc(C(=O)O)cc2)c1. The summed E-state index contributed by atoms with van der Waals surface area (Å²) in [7, 11) is -0.927. The molecule has 0 spiro atoms. The van der Waals surface area contributed by atoms with Crippen LogP contribution in [0.25, 0.3) is 0 Å². The Morgan fingerprint density at radius 1 is 1.08 bits per heavy atom. The molecule has 128 valence electrons. The molecule has 0 amide bonds. The maximum atomic E-state index is 12.3. The number of nitrogens with one attached hydrogen (secondary N) is 1. The van der Waals surface area contributed by atoms with Gasteiger partial charge in [0.2, 0.25) is 0 Å². The molecule has 1 atom stereocenters. The highest BCUT2D eigenvalue weighted by molar-refractivity contribution is 7.85. The molecule has 24 heavy (non-hydrogen) atoms. The number of benzene rings is 2. The van der Waals surface area contributed by atoms with Crippen LogP contribution >= 0.6 is 0 Å². The molecule has 5 heteroatoms. The lowest BCUT2D eigenvalue weighted by atomic mass is 10.1. The first-order chi connectivity index (χ1) is 11.3. The zero-order valence-corrected chi connectivity index (χ0v) is 15.0. The average molecular weight is 345 g/mol. The quantitative estimate of drug-likeness (QED) is 0.829. The number of carboxylic acid groups (broad SMARTS) is 1. The van der Waals surface area contributed by atoms with E-state index in [2.05, 4.69) is 5.32 Å². The van der Waals surface area contributed by atoms with Crippen LogP contribution in [0.15, 0.2) is 48.5 Å². The molecule has 0 bridgehead atoms. The number of carboxylic acids is 1. The predicted octanol–water partition coefficient (Wildman–Crippen LogP) is 4.04. The summed E-state index contributed by atoms with van der Waals surface area (Å²) >= 11 is 0. The van der Waals surface area contributed by atoms with Crippen molar-refractivity contribution in [3.8, 4) is 0 Å². The second kappa shape index (κ2) is 7.62. The minimum Gasteiger partial charge on any atom is -0.478 e. The van der Waals surface area contributed by atoms with E-state index in [0.29, 0.717) is 12.3 Å². The van der Waals surface area contributed by atoms with Crippen molar-refractivity contribution < 1.29 is 14.1 Å². The standard InChI is InChI=1S/C19H23NO3S/c1-19(2,3)24(23)13-15-5-4-6-17(11-15)20-12-14-7-9-16(10-8-14)18(21)22/h4-11,20H,12-13H2,1-3H3,(H,21,22). The van der Waals surface area contributed by atoms with Crippen molar-refractivity contribution in [2.75, 3.05) is 5.32 Å². The highest BCUT2D eigenvalue weighted by Crippen LogP contribution is 2.19. The van der Waals surface area contributed by atoms with Crippen molar-refractivity contribution in [3.05, 3.63) is 65.2 Å². The van der Waals surface area contributed by atoms with E-state index in [9.17, 15) is 9.00 Å². The molecule has 0 saturated carbocycles. The van der Waals surface area contributed by atoms with Crippen molar-refractivity contribution >= 4 is 22.5 Å². The molecule has 0 aliphatic carbocycles. The molecule has 1 unspecified atom stereocenters. The first-order valence-corrected chi connectivity index (χ1v) is 9.11. The van der Waals surface area contributed by atoms with Gasteiger partial charge in [0.05, 0.1) is 5.56 Å². The summed E-state index contributed by atoms with van der Waals surface area (Å²) in [6, 6.07) is 14.7. The van der Waals surface area contributed by atoms with Gasteiger partial charge in [-0.3, -0.25) is 4.21 Å². The van der Waals surface area contributed by atoms with Gasteiger partial charge in [0.1, 0.15) is 0 Å². The van der Waals surface area contributed by atoms with E-state index in [4.69, 9.17) is 5.11 Å². The summed E-state index contributed by atoms with van der Waals surface area (Å²) in [6.45, 7) is 6.54. The van der Waals surface area contributed by atoms with Crippen LogP contribution in [-0.2, 0) is 23.1 Å². The van der Waals surface area contributed by atoms with Gasteiger partial charge in [0, 0.05) is 33.5 Å². The Kier molecular flexibility index (Phi) is 5.78. The maximum absolute atomic E-state index is 12.3. The lowest BCUT2D eigenvalue weighted by Crippen LogP contribution is -2.22. The summed E-state index contributed by atoms with van der Waals surface area (Å²) in [5.41, 5.74) is 3.28. The molecule has 0 aromatic heterocycles. The Morgan fingerprint density at radius 3 is 2.33 bits per heavy atom. The van der Waals surface area contributed by atoms with Gasteiger partial charge in [0.25, 0.3) is 0 Å².